The second-order valence-electron chi connectivity index (χ2n) is 5.91. The van der Waals surface area contributed by atoms with Gasteiger partial charge in [0.2, 0.25) is 10.0 Å². The Balaban J connectivity index is 1.91. The summed E-state index contributed by atoms with van der Waals surface area (Å²) in [6.07, 6.45) is 1.73. The third-order valence-electron chi connectivity index (χ3n) is 3.75. The van der Waals surface area contributed by atoms with Gasteiger partial charge < -0.3 is 0 Å². The predicted octanol–water partition coefficient (Wildman–Crippen LogP) is 2.08. The van der Waals surface area contributed by atoms with Gasteiger partial charge in [0.25, 0.3) is 0 Å². The fraction of sp³-hybridized carbons (Fsp3) is 0.714. The zero-order valence-electron chi connectivity index (χ0n) is 12.4. The Labute approximate surface area is 126 Å². The van der Waals surface area contributed by atoms with Crippen molar-refractivity contribution >= 4 is 21.4 Å². The van der Waals surface area contributed by atoms with Crippen LogP contribution in [0.15, 0.2) is 16.8 Å². The van der Waals surface area contributed by atoms with Crippen molar-refractivity contribution in [2.75, 3.05) is 13.1 Å². The molecular weight excluding hydrogens is 292 g/mol. The third-order valence-corrected chi connectivity index (χ3v) is 6.54. The summed E-state index contributed by atoms with van der Waals surface area (Å²) >= 11 is 1.71. The lowest BCUT2D eigenvalue weighted by atomic mass is 10.1. The number of rotatable bonds is 6. The van der Waals surface area contributed by atoms with Crippen molar-refractivity contribution in [3.8, 4) is 0 Å². The van der Waals surface area contributed by atoms with Crippen molar-refractivity contribution in [2.24, 2.45) is 0 Å². The zero-order chi connectivity index (χ0) is 14.8. The fourth-order valence-corrected chi connectivity index (χ4v) is 5.05. The van der Waals surface area contributed by atoms with Gasteiger partial charge in [0.05, 0.1) is 5.25 Å². The maximum Gasteiger partial charge on any atom is 0.216 e. The molecule has 2 atom stereocenters. The summed E-state index contributed by atoms with van der Waals surface area (Å²) < 4.78 is 27.1. The first-order valence-corrected chi connectivity index (χ1v) is 9.63. The summed E-state index contributed by atoms with van der Waals surface area (Å²) in [5.74, 6) is 0. The summed E-state index contributed by atoms with van der Waals surface area (Å²) in [5, 5.41) is 3.99. The number of thiophene rings is 1. The molecule has 2 heterocycles. The van der Waals surface area contributed by atoms with Crippen LogP contribution in [0.5, 0.6) is 0 Å². The van der Waals surface area contributed by atoms with Gasteiger partial charge in [-0.25, -0.2) is 13.1 Å². The van der Waals surface area contributed by atoms with Crippen molar-refractivity contribution in [2.45, 2.75) is 50.9 Å². The molecule has 0 spiro atoms. The topological polar surface area (TPSA) is 49.4 Å². The SMILES string of the molecule is CC(C)NS(=O)(=O)[C@H]1CCN([C@@H](C)Cc2ccsc2)C1. The summed E-state index contributed by atoms with van der Waals surface area (Å²) in [7, 11) is -3.18. The first-order valence-electron chi connectivity index (χ1n) is 7.14. The second-order valence-corrected chi connectivity index (χ2v) is 8.68. The van der Waals surface area contributed by atoms with Crippen LogP contribution in [0, 0.1) is 0 Å². The largest absolute Gasteiger partial charge is 0.299 e. The monoisotopic (exact) mass is 316 g/mol. The summed E-state index contributed by atoms with van der Waals surface area (Å²) in [6.45, 7) is 7.43. The van der Waals surface area contributed by atoms with E-state index in [9.17, 15) is 8.42 Å². The lowest BCUT2D eigenvalue weighted by Crippen LogP contribution is -2.41. The van der Waals surface area contributed by atoms with E-state index in [1.165, 1.54) is 5.56 Å². The molecule has 4 nitrogen and oxygen atoms in total. The number of nitrogens with one attached hydrogen (secondary N) is 1. The lowest BCUT2D eigenvalue weighted by molar-refractivity contribution is 0.258. The minimum Gasteiger partial charge on any atom is -0.299 e. The molecule has 1 fully saturated rings. The highest BCUT2D eigenvalue weighted by Crippen LogP contribution is 2.21. The highest BCUT2D eigenvalue weighted by molar-refractivity contribution is 7.90. The van der Waals surface area contributed by atoms with E-state index in [1.807, 2.05) is 13.8 Å². The lowest BCUT2D eigenvalue weighted by Gasteiger charge is -2.24. The molecule has 1 N–H and O–H groups in total. The molecule has 20 heavy (non-hydrogen) atoms. The highest BCUT2D eigenvalue weighted by Gasteiger charge is 2.34. The molecule has 0 saturated carbocycles. The highest BCUT2D eigenvalue weighted by atomic mass is 32.2. The van der Waals surface area contributed by atoms with E-state index in [4.69, 9.17) is 0 Å². The Bertz CT molecular complexity index is 511. The van der Waals surface area contributed by atoms with Crippen LogP contribution < -0.4 is 4.72 Å². The van der Waals surface area contributed by atoms with Gasteiger partial charge in [-0.05, 0) is 62.5 Å². The Kier molecular flexibility index (Phi) is 5.23. The molecule has 1 aromatic rings. The minimum atomic E-state index is -3.18. The minimum absolute atomic E-state index is 0.0303. The molecule has 1 aromatic heterocycles. The van der Waals surface area contributed by atoms with Crippen LogP contribution in [0.1, 0.15) is 32.8 Å². The van der Waals surface area contributed by atoms with Gasteiger partial charge in [-0.1, -0.05) is 0 Å². The van der Waals surface area contributed by atoms with E-state index in [2.05, 4.69) is 33.4 Å². The predicted molar refractivity (Wildman–Crippen MR) is 84.7 cm³/mol. The standard InChI is InChI=1S/C14H24N2O2S2/c1-11(2)15-20(17,18)14-4-6-16(9-14)12(3)8-13-5-7-19-10-13/h5,7,10-12,14-15H,4,6,8-9H2,1-3H3/t12-,14-/m0/s1. The molecule has 1 aliphatic rings. The van der Waals surface area contributed by atoms with Crippen molar-refractivity contribution in [1.82, 2.24) is 9.62 Å². The number of nitrogens with zero attached hydrogens (tertiary/aromatic N) is 1. The zero-order valence-corrected chi connectivity index (χ0v) is 14.0. The molecule has 1 saturated heterocycles. The van der Waals surface area contributed by atoms with Crippen molar-refractivity contribution < 1.29 is 8.42 Å². The van der Waals surface area contributed by atoms with Gasteiger partial charge in [-0.2, -0.15) is 11.3 Å². The molecule has 1 aliphatic heterocycles. The summed E-state index contributed by atoms with van der Waals surface area (Å²) in [6, 6.07) is 2.51. The molecule has 0 unspecified atom stereocenters. The Morgan fingerprint density at radius 2 is 2.20 bits per heavy atom. The maximum atomic E-state index is 12.2. The van der Waals surface area contributed by atoms with Crippen LogP contribution in [0.3, 0.4) is 0 Å². The van der Waals surface area contributed by atoms with E-state index in [0.29, 0.717) is 12.6 Å². The second kappa shape index (κ2) is 6.56. The van der Waals surface area contributed by atoms with Crippen LogP contribution >= 0.6 is 11.3 Å². The fourth-order valence-electron chi connectivity index (χ4n) is 2.71. The van der Waals surface area contributed by atoms with Gasteiger partial charge in [-0.15, -0.1) is 0 Å². The first kappa shape index (κ1) is 15.9. The van der Waals surface area contributed by atoms with E-state index in [0.717, 1.165) is 19.4 Å². The van der Waals surface area contributed by atoms with Crippen LogP contribution in [0.2, 0.25) is 0 Å². The Morgan fingerprint density at radius 1 is 1.45 bits per heavy atom. The molecule has 0 amide bonds. The van der Waals surface area contributed by atoms with E-state index >= 15 is 0 Å². The average Bonchev–Trinajstić information content (AvgIpc) is 2.97. The van der Waals surface area contributed by atoms with E-state index < -0.39 is 10.0 Å². The molecule has 0 aromatic carbocycles. The van der Waals surface area contributed by atoms with Crippen molar-refractivity contribution in [3.05, 3.63) is 22.4 Å². The molecule has 0 bridgehead atoms. The van der Waals surface area contributed by atoms with Crippen LogP contribution in [0.4, 0.5) is 0 Å². The number of hydrogen-bond acceptors (Lipinski definition) is 4. The number of hydrogen-bond donors (Lipinski definition) is 1. The molecule has 6 heteroatoms. The van der Waals surface area contributed by atoms with Crippen LogP contribution in [0.25, 0.3) is 0 Å². The molecular formula is C14H24N2O2S2. The first-order chi connectivity index (χ1) is 9.38. The van der Waals surface area contributed by atoms with Crippen LogP contribution in [-0.4, -0.2) is 43.7 Å². The molecule has 0 aliphatic carbocycles. The Morgan fingerprint density at radius 3 is 2.80 bits per heavy atom. The normalized spacial score (nSPS) is 22.5. The number of sulfonamides is 1. The van der Waals surface area contributed by atoms with Gasteiger partial charge in [0.1, 0.15) is 0 Å². The van der Waals surface area contributed by atoms with Crippen LogP contribution in [-0.2, 0) is 16.4 Å². The molecule has 0 radical (unpaired) electrons. The van der Waals surface area contributed by atoms with Crippen molar-refractivity contribution in [1.29, 1.82) is 0 Å². The van der Waals surface area contributed by atoms with Gasteiger partial charge >= 0.3 is 0 Å². The summed E-state index contributed by atoms with van der Waals surface area (Å²) in [5.41, 5.74) is 1.34. The third kappa shape index (κ3) is 4.04. The van der Waals surface area contributed by atoms with Gasteiger partial charge in [0.15, 0.2) is 0 Å². The molecule has 114 valence electrons. The van der Waals surface area contributed by atoms with E-state index in [-0.39, 0.29) is 11.3 Å². The molecule has 2 rings (SSSR count). The van der Waals surface area contributed by atoms with Gasteiger partial charge in [-0.3, -0.25) is 4.90 Å². The van der Waals surface area contributed by atoms with Crippen molar-refractivity contribution in [3.63, 3.8) is 0 Å². The van der Waals surface area contributed by atoms with E-state index in [1.54, 1.807) is 11.3 Å². The quantitative estimate of drug-likeness (QED) is 0.874. The summed E-state index contributed by atoms with van der Waals surface area (Å²) in [4.78, 5) is 2.29. The smallest absolute Gasteiger partial charge is 0.216 e. The van der Waals surface area contributed by atoms with Gasteiger partial charge in [0, 0.05) is 18.6 Å². The Hall–Kier alpha value is -0.430. The number of likely N-dealkylation sites (tertiary alicyclic amines) is 1. The maximum absolute atomic E-state index is 12.2. The average molecular weight is 316 g/mol.